The normalized spacial score (nSPS) is 42.5. The molecule has 1 N–H and O–H groups in total. The standard InChI is InChI=1S/C24H34N2O/c1-22-10-19-11-23(2,15-22)17-24(12-19,16-22)21(27)25-13-18-8-9-26(14-18)20-6-4-3-5-7-20/h3-7,18-19H,8-17H2,1-2H3,(H,25,27). The Kier molecular flexibility index (Phi) is 3.90. The van der Waals surface area contributed by atoms with E-state index in [1.54, 1.807) is 0 Å². The third kappa shape index (κ3) is 3.07. The second-order valence-electron chi connectivity index (χ2n) is 11.1. The largest absolute Gasteiger partial charge is 0.371 e. The Balaban J connectivity index is 1.22. The van der Waals surface area contributed by atoms with Crippen molar-refractivity contribution in [2.75, 3.05) is 24.5 Å². The summed E-state index contributed by atoms with van der Waals surface area (Å²) in [5.41, 5.74) is 2.06. The zero-order valence-corrected chi connectivity index (χ0v) is 17.0. The van der Waals surface area contributed by atoms with Gasteiger partial charge in [-0.05, 0) is 79.7 Å². The maximum Gasteiger partial charge on any atom is 0.226 e. The molecule has 146 valence electrons. The van der Waals surface area contributed by atoms with E-state index in [0.29, 0.717) is 22.7 Å². The quantitative estimate of drug-likeness (QED) is 0.843. The van der Waals surface area contributed by atoms with Crippen LogP contribution in [0, 0.1) is 28.1 Å². The van der Waals surface area contributed by atoms with Gasteiger partial charge < -0.3 is 10.2 Å². The topological polar surface area (TPSA) is 32.3 Å². The maximum absolute atomic E-state index is 13.4. The summed E-state index contributed by atoms with van der Waals surface area (Å²) < 4.78 is 0. The van der Waals surface area contributed by atoms with E-state index in [0.717, 1.165) is 44.8 Å². The van der Waals surface area contributed by atoms with E-state index in [1.807, 2.05) is 0 Å². The molecule has 1 aromatic carbocycles. The van der Waals surface area contributed by atoms with Crippen LogP contribution < -0.4 is 10.2 Å². The molecule has 27 heavy (non-hydrogen) atoms. The molecule has 5 fully saturated rings. The van der Waals surface area contributed by atoms with Crippen molar-refractivity contribution in [3.63, 3.8) is 0 Å². The number of carbonyl (C=O) groups excluding carboxylic acids is 1. The molecule has 3 heteroatoms. The second-order valence-corrected chi connectivity index (χ2v) is 11.1. The maximum atomic E-state index is 13.4. The number of amides is 1. The summed E-state index contributed by atoms with van der Waals surface area (Å²) in [6, 6.07) is 10.7. The number of anilines is 1. The summed E-state index contributed by atoms with van der Waals surface area (Å²) in [6.07, 6.45) is 8.61. The fourth-order valence-electron chi connectivity index (χ4n) is 8.00. The van der Waals surface area contributed by atoms with Crippen LogP contribution in [0.3, 0.4) is 0 Å². The van der Waals surface area contributed by atoms with Crippen molar-refractivity contribution < 1.29 is 4.79 Å². The molecule has 5 aliphatic rings. The molecule has 1 saturated heterocycles. The third-order valence-corrected chi connectivity index (χ3v) is 8.07. The first-order valence-electron chi connectivity index (χ1n) is 11.0. The highest BCUT2D eigenvalue weighted by Gasteiger charge is 2.62. The molecule has 0 aromatic heterocycles. The molecule has 1 heterocycles. The molecule has 1 aromatic rings. The van der Waals surface area contributed by atoms with E-state index in [1.165, 1.54) is 31.4 Å². The van der Waals surface area contributed by atoms with Crippen LogP contribution in [0.5, 0.6) is 0 Å². The van der Waals surface area contributed by atoms with Gasteiger partial charge in [0.25, 0.3) is 0 Å². The van der Waals surface area contributed by atoms with Crippen LogP contribution in [0.1, 0.15) is 58.8 Å². The predicted molar refractivity (Wildman–Crippen MR) is 110 cm³/mol. The van der Waals surface area contributed by atoms with Gasteiger partial charge in [0.2, 0.25) is 5.91 Å². The molecule has 6 rings (SSSR count). The Bertz CT molecular complexity index is 711. The van der Waals surface area contributed by atoms with E-state index >= 15 is 0 Å². The van der Waals surface area contributed by atoms with Crippen LogP contribution in [0.25, 0.3) is 0 Å². The summed E-state index contributed by atoms with van der Waals surface area (Å²) in [5.74, 6) is 1.73. The van der Waals surface area contributed by atoms with Crippen molar-refractivity contribution in [3.05, 3.63) is 30.3 Å². The highest BCUT2D eigenvalue weighted by molar-refractivity contribution is 5.83. The number of rotatable bonds is 4. The summed E-state index contributed by atoms with van der Waals surface area (Å²) in [5, 5.41) is 3.42. The number of para-hydroxylation sites is 1. The van der Waals surface area contributed by atoms with Crippen LogP contribution in [-0.4, -0.2) is 25.5 Å². The Hall–Kier alpha value is -1.51. The highest BCUT2D eigenvalue weighted by atomic mass is 16.2. The molecule has 3 nitrogen and oxygen atoms in total. The van der Waals surface area contributed by atoms with Crippen molar-refractivity contribution >= 4 is 11.6 Å². The summed E-state index contributed by atoms with van der Waals surface area (Å²) >= 11 is 0. The summed E-state index contributed by atoms with van der Waals surface area (Å²) in [6.45, 7) is 7.92. The fourth-order valence-corrected chi connectivity index (χ4v) is 8.00. The summed E-state index contributed by atoms with van der Waals surface area (Å²) in [4.78, 5) is 15.8. The molecule has 1 amide bonds. The molecule has 0 radical (unpaired) electrons. The average molecular weight is 367 g/mol. The number of nitrogens with one attached hydrogen (secondary N) is 1. The molecule has 0 spiro atoms. The first kappa shape index (κ1) is 17.6. The van der Waals surface area contributed by atoms with Crippen molar-refractivity contribution in [1.29, 1.82) is 0 Å². The average Bonchev–Trinajstić information content (AvgIpc) is 3.06. The van der Waals surface area contributed by atoms with Gasteiger partial charge in [-0.2, -0.15) is 0 Å². The fraction of sp³-hybridized carbons (Fsp3) is 0.708. The number of hydrogen-bond donors (Lipinski definition) is 1. The SMILES string of the molecule is CC12CC3CC(C)(C1)CC(C(=O)NCC1CCN(c4ccccc4)C1)(C3)C2. The van der Waals surface area contributed by atoms with E-state index in [2.05, 4.69) is 54.4 Å². The van der Waals surface area contributed by atoms with Gasteiger partial charge in [0.05, 0.1) is 5.41 Å². The van der Waals surface area contributed by atoms with E-state index in [4.69, 9.17) is 0 Å². The molecule has 4 saturated carbocycles. The summed E-state index contributed by atoms with van der Waals surface area (Å²) in [7, 11) is 0. The lowest BCUT2D eigenvalue weighted by atomic mass is 9.40. The minimum Gasteiger partial charge on any atom is -0.371 e. The van der Waals surface area contributed by atoms with Gasteiger partial charge in [-0.1, -0.05) is 32.0 Å². The molecule has 4 bridgehead atoms. The van der Waals surface area contributed by atoms with Gasteiger partial charge in [0.1, 0.15) is 0 Å². The monoisotopic (exact) mass is 366 g/mol. The minimum absolute atomic E-state index is 0.0688. The lowest BCUT2D eigenvalue weighted by Gasteiger charge is -2.64. The van der Waals surface area contributed by atoms with Crippen LogP contribution >= 0.6 is 0 Å². The van der Waals surface area contributed by atoms with Crippen molar-refractivity contribution in [2.24, 2.45) is 28.1 Å². The first-order valence-corrected chi connectivity index (χ1v) is 11.0. The van der Waals surface area contributed by atoms with E-state index in [-0.39, 0.29) is 5.41 Å². The minimum atomic E-state index is -0.0688. The molecule has 1 aliphatic heterocycles. The van der Waals surface area contributed by atoms with Crippen LogP contribution in [0.2, 0.25) is 0 Å². The molecule has 3 unspecified atom stereocenters. The third-order valence-electron chi connectivity index (χ3n) is 8.07. The highest BCUT2D eigenvalue weighted by Crippen LogP contribution is 2.69. The van der Waals surface area contributed by atoms with Crippen molar-refractivity contribution in [2.45, 2.75) is 58.8 Å². The Morgan fingerprint density at radius 2 is 1.78 bits per heavy atom. The number of carbonyl (C=O) groups is 1. The van der Waals surface area contributed by atoms with Gasteiger partial charge in [-0.25, -0.2) is 0 Å². The predicted octanol–water partition coefficient (Wildman–Crippen LogP) is 4.63. The van der Waals surface area contributed by atoms with E-state index in [9.17, 15) is 4.79 Å². The Morgan fingerprint density at radius 1 is 1.07 bits per heavy atom. The van der Waals surface area contributed by atoms with Crippen LogP contribution in [-0.2, 0) is 4.79 Å². The van der Waals surface area contributed by atoms with Gasteiger partial charge in [-0.3, -0.25) is 4.79 Å². The van der Waals surface area contributed by atoms with Crippen molar-refractivity contribution in [3.8, 4) is 0 Å². The molecular weight excluding hydrogens is 332 g/mol. The van der Waals surface area contributed by atoms with Crippen molar-refractivity contribution in [1.82, 2.24) is 5.32 Å². The van der Waals surface area contributed by atoms with Crippen LogP contribution in [0.15, 0.2) is 30.3 Å². The van der Waals surface area contributed by atoms with E-state index < -0.39 is 0 Å². The smallest absolute Gasteiger partial charge is 0.226 e. The number of hydrogen-bond acceptors (Lipinski definition) is 2. The molecule has 4 aliphatic carbocycles. The Morgan fingerprint density at radius 3 is 2.44 bits per heavy atom. The zero-order valence-electron chi connectivity index (χ0n) is 17.0. The lowest BCUT2D eigenvalue weighted by Crippen LogP contribution is -2.60. The van der Waals surface area contributed by atoms with Gasteiger partial charge in [0, 0.05) is 25.3 Å². The lowest BCUT2D eigenvalue weighted by molar-refractivity contribution is -0.170. The van der Waals surface area contributed by atoms with Gasteiger partial charge >= 0.3 is 0 Å². The number of nitrogens with zero attached hydrogens (tertiary/aromatic N) is 1. The van der Waals surface area contributed by atoms with Crippen LogP contribution in [0.4, 0.5) is 5.69 Å². The second kappa shape index (κ2) is 5.99. The number of benzene rings is 1. The van der Waals surface area contributed by atoms with Gasteiger partial charge in [-0.15, -0.1) is 0 Å². The zero-order chi connectivity index (χ0) is 18.7. The first-order chi connectivity index (χ1) is 12.9. The van der Waals surface area contributed by atoms with Gasteiger partial charge in [0.15, 0.2) is 0 Å². The molecule has 3 atom stereocenters. The molecular formula is C24H34N2O. The Labute approximate surface area is 163 Å².